The van der Waals surface area contributed by atoms with Crippen molar-refractivity contribution >= 4 is 23.2 Å². The number of thioether (sulfide) groups is 1. The fourth-order valence-corrected chi connectivity index (χ4v) is 2.18. The maximum Gasteiger partial charge on any atom is 0.156 e. The first-order valence-corrected chi connectivity index (χ1v) is 5.58. The van der Waals surface area contributed by atoms with E-state index in [-0.39, 0.29) is 0 Å². The van der Waals surface area contributed by atoms with Crippen molar-refractivity contribution in [2.75, 3.05) is 11.5 Å². The molecule has 2 rings (SSSR count). The summed E-state index contributed by atoms with van der Waals surface area (Å²) in [5, 5.41) is 1.04. The van der Waals surface area contributed by atoms with E-state index in [1.807, 2.05) is 16.7 Å². The van der Waals surface area contributed by atoms with E-state index in [4.69, 9.17) is 5.73 Å². The standard InChI is InChI=1S/C10H13N3S/c1-3-14-10-9(11)12-8-6-7(2)4-5-13(8)10/h4-6H,3,11H2,1-2H3. The van der Waals surface area contributed by atoms with Gasteiger partial charge in [-0.25, -0.2) is 4.98 Å². The molecule has 74 valence electrons. The van der Waals surface area contributed by atoms with Crippen LogP contribution in [-0.2, 0) is 0 Å². The van der Waals surface area contributed by atoms with Gasteiger partial charge in [0.25, 0.3) is 0 Å². The fraction of sp³-hybridized carbons (Fsp3) is 0.300. The SMILES string of the molecule is CCSc1c(N)nc2cc(C)ccn12. The zero-order chi connectivity index (χ0) is 10.1. The third kappa shape index (κ3) is 1.46. The molecule has 2 N–H and O–H groups in total. The molecule has 0 aliphatic carbocycles. The molecule has 14 heavy (non-hydrogen) atoms. The predicted octanol–water partition coefficient (Wildman–Crippen LogP) is 2.34. The van der Waals surface area contributed by atoms with E-state index in [2.05, 4.69) is 24.9 Å². The number of aryl methyl sites for hydroxylation is 1. The molecule has 0 aromatic carbocycles. The largest absolute Gasteiger partial charge is 0.381 e. The molecule has 0 bridgehead atoms. The summed E-state index contributed by atoms with van der Waals surface area (Å²) in [7, 11) is 0. The number of rotatable bonds is 2. The van der Waals surface area contributed by atoms with Crippen LogP contribution >= 0.6 is 11.8 Å². The van der Waals surface area contributed by atoms with E-state index in [1.165, 1.54) is 5.56 Å². The molecule has 2 aromatic rings. The van der Waals surface area contributed by atoms with E-state index in [0.717, 1.165) is 16.4 Å². The predicted molar refractivity (Wildman–Crippen MR) is 60.7 cm³/mol. The van der Waals surface area contributed by atoms with Crippen molar-refractivity contribution in [2.45, 2.75) is 18.9 Å². The molecule has 0 saturated carbocycles. The number of imidazole rings is 1. The van der Waals surface area contributed by atoms with Crippen LogP contribution in [0.15, 0.2) is 23.4 Å². The quantitative estimate of drug-likeness (QED) is 0.769. The summed E-state index contributed by atoms with van der Waals surface area (Å²) in [4.78, 5) is 4.31. The van der Waals surface area contributed by atoms with E-state index in [9.17, 15) is 0 Å². The average molecular weight is 207 g/mol. The van der Waals surface area contributed by atoms with E-state index in [1.54, 1.807) is 11.8 Å². The van der Waals surface area contributed by atoms with Gasteiger partial charge in [-0.2, -0.15) is 0 Å². The number of hydrogen-bond acceptors (Lipinski definition) is 3. The lowest BCUT2D eigenvalue weighted by Gasteiger charge is -2.00. The van der Waals surface area contributed by atoms with E-state index in [0.29, 0.717) is 5.82 Å². The highest BCUT2D eigenvalue weighted by atomic mass is 32.2. The fourth-order valence-electron chi connectivity index (χ4n) is 1.42. The zero-order valence-electron chi connectivity index (χ0n) is 8.32. The molecule has 0 atom stereocenters. The van der Waals surface area contributed by atoms with Gasteiger partial charge < -0.3 is 5.73 Å². The lowest BCUT2D eigenvalue weighted by molar-refractivity contribution is 1.05. The Morgan fingerprint density at radius 3 is 3.07 bits per heavy atom. The van der Waals surface area contributed by atoms with Gasteiger partial charge >= 0.3 is 0 Å². The first-order chi connectivity index (χ1) is 6.72. The van der Waals surface area contributed by atoms with Crippen molar-refractivity contribution in [1.29, 1.82) is 0 Å². The van der Waals surface area contributed by atoms with Gasteiger partial charge in [-0.15, -0.1) is 11.8 Å². The highest BCUT2D eigenvalue weighted by molar-refractivity contribution is 7.99. The van der Waals surface area contributed by atoms with Crippen LogP contribution in [0.5, 0.6) is 0 Å². The molecular weight excluding hydrogens is 194 g/mol. The van der Waals surface area contributed by atoms with Gasteiger partial charge in [0.05, 0.1) is 0 Å². The number of hydrogen-bond donors (Lipinski definition) is 1. The minimum Gasteiger partial charge on any atom is -0.381 e. The monoisotopic (exact) mass is 207 g/mol. The topological polar surface area (TPSA) is 43.3 Å². The highest BCUT2D eigenvalue weighted by Gasteiger charge is 2.08. The molecule has 4 heteroatoms. The summed E-state index contributed by atoms with van der Waals surface area (Å²) in [6.07, 6.45) is 2.02. The Morgan fingerprint density at radius 2 is 2.36 bits per heavy atom. The van der Waals surface area contributed by atoms with Crippen LogP contribution in [0, 0.1) is 6.92 Å². The molecule has 3 nitrogen and oxygen atoms in total. The van der Waals surface area contributed by atoms with Crippen LogP contribution < -0.4 is 5.73 Å². The van der Waals surface area contributed by atoms with Crippen molar-refractivity contribution in [3.8, 4) is 0 Å². The molecule has 2 aromatic heterocycles. The highest BCUT2D eigenvalue weighted by Crippen LogP contribution is 2.25. The van der Waals surface area contributed by atoms with Crippen molar-refractivity contribution in [2.24, 2.45) is 0 Å². The number of nitrogens with two attached hydrogens (primary N) is 1. The summed E-state index contributed by atoms with van der Waals surface area (Å²) < 4.78 is 2.04. The number of fused-ring (bicyclic) bond motifs is 1. The number of aromatic nitrogens is 2. The first-order valence-electron chi connectivity index (χ1n) is 4.59. The Morgan fingerprint density at radius 1 is 1.57 bits per heavy atom. The molecule has 2 heterocycles. The summed E-state index contributed by atoms with van der Waals surface area (Å²) in [5.41, 5.74) is 7.97. The van der Waals surface area contributed by atoms with Crippen molar-refractivity contribution in [1.82, 2.24) is 9.38 Å². The normalized spacial score (nSPS) is 11.0. The molecule has 0 amide bonds. The second kappa shape index (κ2) is 3.53. The van der Waals surface area contributed by atoms with Gasteiger partial charge in [0.2, 0.25) is 0 Å². The summed E-state index contributed by atoms with van der Waals surface area (Å²) in [5.74, 6) is 1.63. The van der Waals surface area contributed by atoms with Gasteiger partial charge in [0.1, 0.15) is 10.7 Å². The number of pyridine rings is 1. The first kappa shape index (κ1) is 9.40. The lowest BCUT2D eigenvalue weighted by atomic mass is 10.3. The van der Waals surface area contributed by atoms with Gasteiger partial charge in [-0.1, -0.05) is 6.92 Å². The molecule has 0 radical (unpaired) electrons. The summed E-state index contributed by atoms with van der Waals surface area (Å²) >= 11 is 1.72. The number of anilines is 1. The third-order valence-corrected chi connectivity index (χ3v) is 3.01. The Hall–Kier alpha value is -1.16. The molecule has 0 spiro atoms. The second-order valence-electron chi connectivity index (χ2n) is 3.17. The number of nitrogens with zero attached hydrogens (tertiary/aromatic N) is 2. The van der Waals surface area contributed by atoms with E-state index >= 15 is 0 Å². The lowest BCUT2D eigenvalue weighted by Crippen LogP contribution is -1.89. The molecule has 0 aliphatic heterocycles. The van der Waals surface area contributed by atoms with Crippen LogP contribution in [0.1, 0.15) is 12.5 Å². The second-order valence-corrected chi connectivity index (χ2v) is 4.42. The smallest absolute Gasteiger partial charge is 0.156 e. The maximum absolute atomic E-state index is 5.84. The average Bonchev–Trinajstić information content (AvgIpc) is 2.43. The molecular formula is C10H13N3S. The summed E-state index contributed by atoms with van der Waals surface area (Å²) in [6, 6.07) is 4.10. The summed E-state index contributed by atoms with van der Waals surface area (Å²) in [6.45, 7) is 4.16. The van der Waals surface area contributed by atoms with Gasteiger partial charge in [0.15, 0.2) is 5.82 Å². The van der Waals surface area contributed by atoms with E-state index < -0.39 is 0 Å². The minimum absolute atomic E-state index is 0.627. The van der Waals surface area contributed by atoms with Crippen molar-refractivity contribution in [3.05, 3.63) is 23.9 Å². The third-order valence-electron chi connectivity index (χ3n) is 2.04. The van der Waals surface area contributed by atoms with Crippen LogP contribution in [0.25, 0.3) is 5.65 Å². The van der Waals surface area contributed by atoms with Crippen molar-refractivity contribution < 1.29 is 0 Å². The van der Waals surface area contributed by atoms with Crippen LogP contribution in [0.2, 0.25) is 0 Å². The molecule has 0 unspecified atom stereocenters. The Labute approximate surface area is 87.3 Å². The zero-order valence-corrected chi connectivity index (χ0v) is 9.14. The van der Waals surface area contributed by atoms with Crippen LogP contribution in [0.3, 0.4) is 0 Å². The van der Waals surface area contributed by atoms with Gasteiger partial charge in [-0.05, 0) is 30.4 Å². The van der Waals surface area contributed by atoms with Gasteiger partial charge in [0, 0.05) is 6.20 Å². The van der Waals surface area contributed by atoms with Gasteiger partial charge in [-0.3, -0.25) is 4.40 Å². The van der Waals surface area contributed by atoms with Crippen LogP contribution in [-0.4, -0.2) is 15.1 Å². The Kier molecular flexibility index (Phi) is 2.37. The molecule has 0 saturated heterocycles. The molecule has 0 fully saturated rings. The molecule has 0 aliphatic rings. The minimum atomic E-state index is 0.627. The maximum atomic E-state index is 5.84. The Balaban J connectivity index is 2.64. The Bertz CT molecular complexity index is 462. The van der Waals surface area contributed by atoms with Crippen molar-refractivity contribution in [3.63, 3.8) is 0 Å². The number of nitrogen functional groups attached to an aromatic ring is 1. The van der Waals surface area contributed by atoms with Crippen LogP contribution in [0.4, 0.5) is 5.82 Å².